The fourth-order valence-electron chi connectivity index (χ4n) is 1.76. The standard InChI is InChI=1S/C14H17N3O/c1-9(2)6-11-7-13(18)17-14(16-11)12-5-4-10(3)8-15-12/h4-5,7-9H,6H2,1-3H3,(H,16,17,18). The molecule has 0 saturated carbocycles. The zero-order valence-electron chi connectivity index (χ0n) is 10.9. The molecule has 0 fully saturated rings. The van der Waals surface area contributed by atoms with Gasteiger partial charge in [-0.15, -0.1) is 0 Å². The van der Waals surface area contributed by atoms with Gasteiger partial charge in [0, 0.05) is 18.0 Å². The number of aromatic amines is 1. The van der Waals surface area contributed by atoms with E-state index in [-0.39, 0.29) is 5.56 Å². The van der Waals surface area contributed by atoms with Gasteiger partial charge in [0.1, 0.15) is 5.69 Å². The van der Waals surface area contributed by atoms with Crippen molar-refractivity contribution in [3.05, 3.63) is 46.0 Å². The second-order valence-electron chi connectivity index (χ2n) is 4.90. The third-order valence-electron chi connectivity index (χ3n) is 2.57. The normalized spacial score (nSPS) is 10.9. The van der Waals surface area contributed by atoms with E-state index in [1.54, 1.807) is 12.3 Å². The minimum atomic E-state index is -0.127. The maximum Gasteiger partial charge on any atom is 0.251 e. The molecule has 0 aliphatic heterocycles. The second-order valence-corrected chi connectivity index (χ2v) is 4.90. The lowest BCUT2D eigenvalue weighted by molar-refractivity contribution is 0.633. The molecular formula is C14H17N3O. The van der Waals surface area contributed by atoms with Crippen LogP contribution in [-0.2, 0) is 6.42 Å². The van der Waals surface area contributed by atoms with Crippen LogP contribution in [0.15, 0.2) is 29.2 Å². The highest BCUT2D eigenvalue weighted by molar-refractivity contribution is 5.48. The van der Waals surface area contributed by atoms with Crippen molar-refractivity contribution in [3.8, 4) is 11.5 Å². The van der Waals surface area contributed by atoms with Crippen LogP contribution in [0.4, 0.5) is 0 Å². The monoisotopic (exact) mass is 243 g/mol. The van der Waals surface area contributed by atoms with Gasteiger partial charge in [-0.05, 0) is 30.9 Å². The van der Waals surface area contributed by atoms with E-state index in [4.69, 9.17) is 0 Å². The van der Waals surface area contributed by atoms with E-state index in [0.29, 0.717) is 17.4 Å². The Balaban J connectivity index is 2.41. The average molecular weight is 243 g/mol. The van der Waals surface area contributed by atoms with E-state index in [9.17, 15) is 4.79 Å². The topological polar surface area (TPSA) is 58.6 Å². The first-order chi connectivity index (χ1) is 8.54. The molecule has 4 nitrogen and oxygen atoms in total. The summed E-state index contributed by atoms with van der Waals surface area (Å²) in [4.78, 5) is 23.1. The van der Waals surface area contributed by atoms with E-state index < -0.39 is 0 Å². The number of aromatic nitrogens is 3. The van der Waals surface area contributed by atoms with Gasteiger partial charge in [-0.2, -0.15) is 0 Å². The number of aryl methyl sites for hydroxylation is 1. The van der Waals surface area contributed by atoms with Gasteiger partial charge < -0.3 is 4.98 Å². The van der Waals surface area contributed by atoms with Gasteiger partial charge >= 0.3 is 0 Å². The van der Waals surface area contributed by atoms with Crippen LogP contribution in [-0.4, -0.2) is 15.0 Å². The molecule has 2 aromatic rings. The number of rotatable bonds is 3. The lowest BCUT2D eigenvalue weighted by Crippen LogP contribution is -2.12. The SMILES string of the molecule is Cc1ccc(-c2nc(CC(C)C)cc(=O)[nH]2)nc1. The van der Waals surface area contributed by atoms with E-state index in [2.05, 4.69) is 28.8 Å². The first-order valence-electron chi connectivity index (χ1n) is 6.08. The predicted octanol–water partition coefficient (Wildman–Crippen LogP) is 2.34. The molecule has 2 aromatic heterocycles. The van der Waals surface area contributed by atoms with Gasteiger partial charge in [0.15, 0.2) is 5.82 Å². The Morgan fingerprint density at radius 3 is 2.72 bits per heavy atom. The minimum absolute atomic E-state index is 0.127. The zero-order chi connectivity index (χ0) is 13.1. The molecule has 0 spiro atoms. The highest BCUT2D eigenvalue weighted by Crippen LogP contribution is 2.12. The Kier molecular flexibility index (Phi) is 3.55. The van der Waals surface area contributed by atoms with Gasteiger partial charge in [0.05, 0.1) is 0 Å². The van der Waals surface area contributed by atoms with Gasteiger partial charge in [-0.1, -0.05) is 19.9 Å². The first kappa shape index (κ1) is 12.5. The molecule has 0 bridgehead atoms. The van der Waals surface area contributed by atoms with Crippen LogP contribution in [0.2, 0.25) is 0 Å². The van der Waals surface area contributed by atoms with E-state index in [1.165, 1.54) is 0 Å². The average Bonchev–Trinajstić information content (AvgIpc) is 2.28. The highest BCUT2D eigenvalue weighted by Gasteiger charge is 2.06. The molecule has 1 N–H and O–H groups in total. The molecule has 0 aliphatic rings. The predicted molar refractivity (Wildman–Crippen MR) is 71.4 cm³/mol. The Morgan fingerprint density at radius 1 is 1.33 bits per heavy atom. The summed E-state index contributed by atoms with van der Waals surface area (Å²) in [6.07, 6.45) is 2.56. The molecule has 0 aliphatic carbocycles. The maximum absolute atomic E-state index is 11.6. The van der Waals surface area contributed by atoms with Crippen molar-refractivity contribution >= 4 is 0 Å². The van der Waals surface area contributed by atoms with Crippen molar-refractivity contribution in [3.63, 3.8) is 0 Å². The Hall–Kier alpha value is -1.97. The van der Waals surface area contributed by atoms with Crippen molar-refractivity contribution in [2.45, 2.75) is 27.2 Å². The van der Waals surface area contributed by atoms with Crippen molar-refractivity contribution in [2.24, 2.45) is 5.92 Å². The smallest absolute Gasteiger partial charge is 0.251 e. The largest absolute Gasteiger partial charge is 0.305 e. The lowest BCUT2D eigenvalue weighted by Gasteiger charge is -2.06. The third-order valence-corrected chi connectivity index (χ3v) is 2.57. The molecule has 0 radical (unpaired) electrons. The molecule has 94 valence electrons. The highest BCUT2D eigenvalue weighted by atomic mass is 16.1. The number of nitrogens with one attached hydrogen (secondary N) is 1. The summed E-state index contributed by atoms with van der Waals surface area (Å²) in [6.45, 7) is 6.18. The quantitative estimate of drug-likeness (QED) is 0.900. The summed E-state index contributed by atoms with van der Waals surface area (Å²) in [6, 6.07) is 5.38. The van der Waals surface area contributed by atoms with Crippen LogP contribution < -0.4 is 5.56 Å². The number of pyridine rings is 1. The third kappa shape index (κ3) is 3.03. The number of hydrogen-bond donors (Lipinski definition) is 1. The van der Waals surface area contributed by atoms with Crippen LogP contribution in [0.3, 0.4) is 0 Å². The van der Waals surface area contributed by atoms with E-state index in [0.717, 1.165) is 17.7 Å². The summed E-state index contributed by atoms with van der Waals surface area (Å²) in [7, 11) is 0. The maximum atomic E-state index is 11.6. The molecular weight excluding hydrogens is 226 g/mol. The summed E-state index contributed by atoms with van der Waals surface area (Å²) < 4.78 is 0. The molecule has 0 unspecified atom stereocenters. The molecule has 18 heavy (non-hydrogen) atoms. The number of hydrogen-bond acceptors (Lipinski definition) is 3. The molecule has 2 rings (SSSR count). The van der Waals surface area contributed by atoms with Gasteiger partial charge in [0.25, 0.3) is 5.56 Å². The van der Waals surface area contributed by atoms with Crippen LogP contribution in [0.25, 0.3) is 11.5 Å². The van der Waals surface area contributed by atoms with Crippen LogP contribution in [0, 0.1) is 12.8 Å². The number of nitrogens with zero attached hydrogens (tertiary/aromatic N) is 2. The summed E-state index contributed by atoms with van der Waals surface area (Å²) >= 11 is 0. The molecule has 0 atom stereocenters. The van der Waals surface area contributed by atoms with Crippen LogP contribution >= 0.6 is 0 Å². The minimum Gasteiger partial charge on any atom is -0.305 e. The number of H-pyrrole nitrogens is 1. The summed E-state index contributed by atoms with van der Waals surface area (Å²) in [5.74, 6) is 1.01. The molecule has 4 heteroatoms. The van der Waals surface area contributed by atoms with E-state index in [1.807, 2.05) is 19.1 Å². The summed E-state index contributed by atoms with van der Waals surface area (Å²) in [5, 5.41) is 0. The van der Waals surface area contributed by atoms with Crippen molar-refractivity contribution in [2.75, 3.05) is 0 Å². The van der Waals surface area contributed by atoms with Gasteiger partial charge in [-0.25, -0.2) is 4.98 Å². The molecule has 0 aromatic carbocycles. The molecule has 2 heterocycles. The lowest BCUT2D eigenvalue weighted by atomic mass is 10.1. The fraction of sp³-hybridized carbons (Fsp3) is 0.357. The van der Waals surface area contributed by atoms with Crippen LogP contribution in [0.1, 0.15) is 25.1 Å². The fourth-order valence-corrected chi connectivity index (χ4v) is 1.76. The Bertz CT molecular complexity index is 585. The summed E-state index contributed by atoms with van der Waals surface area (Å²) in [5.41, 5.74) is 2.46. The second kappa shape index (κ2) is 5.12. The van der Waals surface area contributed by atoms with Crippen molar-refractivity contribution in [1.29, 1.82) is 0 Å². The van der Waals surface area contributed by atoms with Gasteiger partial charge in [-0.3, -0.25) is 9.78 Å². The van der Waals surface area contributed by atoms with Crippen molar-refractivity contribution < 1.29 is 0 Å². The van der Waals surface area contributed by atoms with Crippen LogP contribution in [0.5, 0.6) is 0 Å². The van der Waals surface area contributed by atoms with E-state index >= 15 is 0 Å². The first-order valence-corrected chi connectivity index (χ1v) is 6.08. The molecule has 0 amide bonds. The molecule has 0 saturated heterocycles. The van der Waals surface area contributed by atoms with Gasteiger partial charge in [0.2, 0.25) is 0 Å². The Morgan fingerprint density at radius 2 is 2.11 bits per heavy atom. The van der Waals surface area contributed by atoms with Crippen molar-refractivity contribution in [1.82, 2.24) is 15.0 Å². The Labute approximate surface area is 106 Å². The zero-order valence-corrected chi connectivity index (χ0v) is 10.9.